The molecule has 1 aromatic heterocycles. The lowest BCUT2D eigenvalue weighted by atomic mass is 10.2. The van der Waals surface area contributed by atoms with Gasteiger partial charge in [0.15, 0.2) is 0 Å². The van der Waals surface area contributed by atoms with Gasteiger partial charge in [-0.05, 0) is 37.6 Å². The molecule has 6 nitrogen and oxygen atoms in total. The highest BCUT2D eigenvalue weighted by molar-refractivity contribution is 9.10. The lowest BCUT2D eigenvalue weighted by Crippen LogP contribution is -2.37. The SMILES string of the molecule is Cc1cc2n(n1)CCCN2C(=O)CCC(=O)Nc1ccc(Br)cc1. The minimum atomic E-state index is -0.160. The van der Waals surface area contributed by atoms with Gasteiger partial charge in [-0.3, -0.25) is 14.5 Å². The Morgan fingerprint density at radius 3 is 2.71 bits per heavy atom. The number of carbonyl (C=O) groups is 2. The van der Waals surface area contributed by atoms with Gasteiger partial charge in [-0.15, -0.1) is 0 Å². The quantitative estimate of drug-likeness (QED) is 0.871. The maximum absolute atomic E-state index is 12.5. The maximum Gasteiger partial charge on any atom is 0.228 e. The maximum atomic E-state index is 12.5. The van der Waals surface area contributed by atoms with Crippen LogP contribution in [0.25, 0.3) is 0 Å². The molecule has 0 saturated heterocycles. The number of rotatable bonds is 4. The van der Waals surface area contributed by atoms with Crippen LogP contribution in [0.5, 0.6) is 0 Å². The minimum absolute atomic E-state index is 0.0400. The second-order valence-corrected chi connectivity index (χ2v) is 6.74. The van der Waals surface area contributed by atoms with Crippen LogP contribution >= 0.6 is 15.9 Å². The molecule has 3 rings (SSSR count). The molecule has 0 fully saturated rings. The van der Waals surface area contributed by atoms with Crippen molar-refractivity contribution in [1.82, 2.24) is 9.78 Å². The second-order valence-electron chi connectivity index (χ2n) is 5.82. The lowest BCUT2D eigenvalue weighted by Gasteiger charge is -2.27. The number of fused-ring (bicyclic) bond motifs is 1. The smallest absolute Gasteiger partial charge is 0.228 e. The molecule has 1 aromatic carbocycles. The Labute approximate surface area is 149 Å². The van der Waals surface area contributed by atoms with Gasteiger partial charge < -0.3 is 5.32 Å². The number of nitrogens with one attached hydrogen (secondary N) is 1. The van der Waals surface area contributed by atoms with Gasteiger partial charge in [0.1, 0.15) is 5.82 Å². The van der Waals surface area contributed by atoms with E-state index >= 15 is 0 Å². The normalized spacial score (nSPS) is 13.5. The lowest BCUT2D eigenvalue weighted by molar-refractivity contribution is -0.122. The molecule has 126 valence electrons. The highest BCUT2D eigenvalue weighted by Gasteiger charge is 2.24. The number of carbonyl (C=O) groups excluding carboxylic acids is 2. The summed E-state index contributed by atoms with van der Waals surface area (Å²) in [6.07, 6.45) is 1.23. The summed E-state index contributed by atoms with van der Waals surface area (Å²) < 4.78 is 2.81. The molecule has 0 radical (unpaired) electrons. The molecule has 2 aromatic rings. The first-order chi connectivity index (χ1) is 11.5. The molecule has 1 aliphatic heterocycles. The van der Waals surface area contributed by atoms with E-state index in [9.17, 15) is 9.59 Å². The van der Waals surface area contributed by atoms with Gasteiger partial charge in [0, 0.05) is 42.2 Å². The van der Waals surface area contributed by atoms with E-state index in [-0.39, 0.29) is 24.7 Å². The summed E-state index contributed by atoms with van der Waals surface area (Å²) >= 11 is 3.35. The molecular weight excluding hydrogens is 372 g/mol. The Bertz CT molecular complexity index is 754. The molecule has 0 saturated carbocycles. The van der Waals surface area contributed by atoms with E-state index in [4.69, 9.17) is 0 Å². The van der Waals surface area contributed by atoms with Crippen molar-refractivity contribution in [2.75, 3.05) is 16.8 Å². The first-order valence-corrected chi connectivity index (χ1v) is 8.72. The van der Waals surface area contributed by atoms with E-state index in [1.165, 1.54) is 0 Å². The van der Waals surface area contributed by atoms with Gasteiger partial charge in [-0.25, -0.2) is 4.68 Å². The van der Waals surface area contributed by atoms with Crippen LogP contribution in [0.2, 0.25) is 0 Å². The third-order valence-corrected chi connectivity index (χ3v) is 4.43. The number of hydrogen-bond donors (Lipinski definition) is 1. The summed E-state index contributed by atoms with van der Waals surface area (Å²) in [4.78, 5) is 26.2. The molecule has 7 heteroatoms. The van der Waals surface area contributed by atoms with Gasteiger partial charge in [0.25, 0.3) is 0 Å². The van der Waals surface area contributed by atoms with E-state index in [1.807, 2.05) is 41.9 Å². The van der Waals surface area contributed by atoms with Crippen molar-refractivity contribution < 1.29 is 9.59 Å². The fourth-order valence-corrected chi connectivity index (χ4v) is 3.04. The molecule has 1 N–H and O–H groups in total. The molecule has 2 heterocycles. The van der Waals surface area contributed by atoms with Crippen molar-refractivity contribution >= 4 is 39.2 Å². The largest absolute Gasteiger partial charge is 0.326 e. The molecule has 0 spiro atoms. The number of aromatic nitrogens is 2. The van der Waals surface area contributed by atoms with Gasteiger partial charge >= 0.3 is 0 Å². The number of hydrogen-bond acceptors (Lipinski definition) is 3. The van der Waals surface area contributed by atoms with Crippen LogP contribution in [0.3, 0.4) is 0 Å². The summed E-state index contributed by atoms with van der Waals surface area (Å²) in [6, 6.07) is 9.26. The average molecular weight is 391 g/mol. The summed E-state index contributed by atoms with van der Waals surface area (Å²) in [5.74, 6) is 0.631. The Hall–Kier alpha value is -2.15. The molecule has 0 atom stereocenters. The number of aryl methyl sites for hydroxylation is 2. The number of benzene rings is 1. The van der Waals surface area contributed by atoms with Gasteiger partial charge in [-0.1, -0.05) is 15.9 Å². The summed E-state index contributed by atoms with van der Waals surface area (Å²) in [5.41, 5.74) is 1.63. The van der Waals surface area contributed by atoms with Gasteiger partial charge in [0.05, 0.1) is 5.69 Å². The molecule has 0 aliphatic carbocycles. The van der Waals surface area contributed by atoms with E-state index < -0.39 is 0 Å². The predicted molar refractivity (Wildman–Crippen MR) is 95.9 cm³/mol. The molecular formula is C17H19BrN4O2. The van der Waals surface area contributed by atoms with Crippen LogP contribution in [0.4, 0.5) is 11.5 Å². The van der Waals surface area contributed by atoms with E-state index in [2.05, 4.69) is 26.3 Å². The van der Waals surface area contributed by atoms with Crippen LogP contribution in [-0.2, 0) is 16.1 Å². The first-order valence-electron chi connectivity index (χ1n) is 7.93. The summed E-state index contributed by atoms with van der Waals surface area (Å²) in [7, 11) is 0. The van der Waals surface area contributed by atoms with E-state index in [1.54, 1.807) is 4.90 Å². The highest BCUT2D eigenvalue weighted by atomic mass is 79.9. The van der Waals surface area contributed by atoms with Gasteiger partial charge in [0.2, 0.25) is 11.8 Å². The highest BCUT2D eigenvalue weighted by Crippen LogP contribution is 2.22. The predicted octanol–water partition coefficient (Wildman–Crippen LogP) is 3.11. The Balaban J connectivity index is 1.56. The Morgan fingerprint density at radius 1 is 1.21 bits per heavy atom. The number of amides is 2. The summed E-state index contributed by atoms with van der Waals surface area (Å²) in [6.45, 7) is 3.43. The number of nitrogens with zero attached hydrogens (tertiary/aromatic N) is 3. The fraction of sp³-hybridized carbons (Fsp3) is 0.353. The molecule has 0 bridgehead atoms. The zero-order chi connectivity index (χ0) is 17.1. The van der Waals surface area contributed by atoms with E-state index in [0.717, 1.165) is 34.6 Å². The fourth-order valence-electron chi connectivity index (χ4n) is 2.77. The van der Waals surface area contributed by atoms with Gasteiger partial charge in [-0.2, -0.15) is 5.10 Å². The third kappa shape index (κ3) is 3.84. The molecule has 1 aliphatic rings. The molecule has 0 unspecified atom stereocenters. The first kappa shape index (κ1) is 16.7. The van der Waals surface area contributed by atoms with Crippen LogP contribution in [-0.4, -0.2) is 28.1 Å². The Morgan fingerprint density at radius 2 is 1.96 bits per heavy atom. The molecule has 24 heavy (non-hydrogen) atoms. The third-order valence-electron chi connectivity index (χ3n) is 3.90. The summed E-state index contributed by atoms with van der Waals surface area (Å²) in [5, 5.41) is 7.18. The molecule has 2 amide bonds. The number of anilines is 2. The van der Waals surface area contributed by atoms with E-state index in [0.29, 0.717) is 6.54 Å². The number of halogens is 1. The van der Waals surface area contributed by atoms with Crippen molar-refractivity contribution in [2.24, 2.45) is 0 Å². The van der Waals surface area contributed by atoms with Crippen LogP contribution in [0, 0.1) is 6.92 Å². The zero-order valence-electron chi connectivity index (χ0n) is 13.5. The van der Waals surface area contributed by atoms with Crippen LogP contribution < -0.4 is 10.2 Å². The average Bonchev–Trinajstić information content (AvgIpc) is 2.94. The van der Waals surface area contributed by atoms with Crippen molar-refractivity contribution in [3.63, 3.8) is 0 Å². The van der Waals surface area contributed by atoms with Crippen LogP contribution in [0.1, 0.15) is 25.0 Å². The Kier molecular flexibility index (Phi) is 4.99. The monoisotopic (exact) mass is 390 g/mol. The van der Waals surface area contributed by atoms with Crippen molar-refractivity contribution in [3.8, 4) is 0 Å². The van der Waals surface area contributed by atoms with Crippen molar-refractivity contribution in [2.45, 2.75) is 32.7 Å². The zero-order valence-corrected chi connectivity index (χ0v) is 15.0. The van der Waals surface area contributed by atoms with Crippen molar-refractivity contribution in [3.05, 3.63) is 40.5 Å². The van der Waals surface area contributed by atoms with Crippen molar-refractivity contribution in [1.29, 1.82) is 0 Å². The minimum Gasteiger partial charge on any atom is -0.326 e. The second kappa shape index (κ2) is 7.17. The van der Waals surface area contributed by atoms with Crippen LogP contribution in [0.15, 0.2) is 34.8 Å². The standard InChI is InChI=1S/C17H19BrN4O2/c1-12-11-16-21(9-2-10-22(16)20-12)17(24)8-7-15(23)19-14-5-3-13(18)4-6-14/h3-6,11H,2,7-10H2,1H3,(H,19,23). The topological polar surface area (TPSA) is 67.2 Å².